The van der Waals surface area contributed by atoms with Crippen LogP contribution in [0.3, 0.4) is 0 Å². The zero-order valence-electron chi connectivity index (χ0n) is 19.2. The van der Waals surface area contributed by atoms with E-state index in [1.54, 1.807) is 18.6 Å². The Bertz CT molecular complexity index is 1610. The summed E-state index contributed by atoms with van der Waals surface area (Å²) in [6.07, 6.45) is 5.84. The van der Waals surface area contributed by atoms with Crippen LogP contribution in [0.25, 0.3) is 22.3 Å². The number of rotatable bonds is 5. The van der Waals surface area contributed by atoms with E-state index in [9.17, 15) is 18.0 Å². The molecule has 1 fully saturated rings. The van der Waals surface area contributed by atoms with Crippen LogP contribution in [0, 0.1) is 5.92 Å². The highest BCUT2D eigenvalue weighted by Gasteiger charge is 2.35. The number of hydrogen-bond donors (Lipinski definition) is 0. The first-order valence-corrected chi connectivity index (χ1v) is 11.5. The molecule has 0 spiro atoms. The van der Waals surface area contributed by atoms with E-state index in [2.05, 4.69) is 15.4 Å². The molecule has 1 saturated carbocycles. The lowest BCUT2D eigenvalue weighted by atomic mass is 9.72. The largest absolute Gasteiger partial charge is 0.418 e. The SMILES string of the molecule is Cn1cnnc1[C@@H](c1cc(-c2cnoc2)cc(-n2cc3c(C(F)(F)F)cccn3c2=O)c1)C1CCC1. The van der Waals surface area contributed by atoms with Crippen molar-refractivity contribution >= 4 is 5.52 Å². The molecule has 0 bridgehead atoms. The van der Waals surface area contributed by atoms with Gasteiger partial charge in [-0.05, 0) is 54.2 Å². The van der Waals surface area contributed by atoms with Gasteiger partial charge in [-0.25, -0.2) is 4.79 Å². The molecule has 0 N–H and O–H groups in total. The number of pyridine rings is 1. The summed E-state index contributed by atoms with van der Waals surface area (Å²) in [6.45, 7) is 0. The van der Waals surface area contributed by atoms with Crippen LogP contribution in [0.15, 0.2) is 70.8 Å². The zero-order chi connectivity index (χ0) is 25.0. The fraction of sp³-hybridized carbons (Fsp3) is 0.280. The molecular formula is C25H21F3N6O2. The molecule has 0 aliphatic heterocycles. The molecule has 0 radical (unpaired) electrons. The van der Waals surface area contributed by atoms with Gasteiger partial charge in [-0.15, -0.1) is 10.2 Å². The molecule has 8 nitrogen and oxygen atoms in total. The second-order valence-electron chi connectivity index (χ2n) is 9.15. The molecule has 1 aromatic carbocycles. The number of alkyl halides is 3. The van der Waals surface area contributed by atoms with Crippen LogP contribution in [-0.4, -0.2) is 28.9 Å². The second kappa shape index (κ2) is 8.21. The summed E-state index contributed by atoms with van der Waals surface area (Å²) < 4.78 is 50.1. The van der Waals surface area contributed by atoms with Gasteiger partial charge >= 0.3 is 11.9 Å². The molecule has 184 valence electrons. The zero-order valence-corrected chi connectivity index (χ0v) is 19.2. The Balaban J connectivity index is 1.59. The lowest BCUT2D eigenvalue weighted by Gasteiger charge is -2.33. The van der Waals surface area contributed by atoms with Crippen LogP contribution in [0.1, 0.15) is 42.1 Å². The Hall–Kier alpha value is -4.15. The van der Waals surface area contributed by atoms with Crippen molar-refractivity contribution in [3.8, 4) is 16.8 Å². The number of benzene rings is 1. The average molecular weight is 494 g/mol. The molecule has 11 heteroatoms. The number of aromatic nitrogens is 6. The normalized spacial score (nSPS) is 15.3. The minimum atomic E-state index is -4.60. The number of imidazole rings is 1. The van der Waals surface area contributed by atoms with Gasteiger partial charge in [0.25, 0.3) is 0 Å². The standard InChI is InChI=1S/C25H21F3N6O2/c1-32-14-29-31-23(32)22(15-4-2-5-15)17-8-16(18-11-30-36-13-18)9-19(10-17)34-12-21-20(25(26,27)28)6-3-7-33(21)24(34)35/h3,6-15,22H,2,4-5H2,1H3/t22-/m1/s1. The highest BCUT2D eigenvalue weighted by molar-refractivity contribution is 5.67. The van der Waals surface area contributed by atoms with Crippen molar-refractivity contribution in [3.05, 3.63) is 88.9 Å². The van der Waals surface area contributed by atoms with E-state index >= 15 is 0 Å². The third-order valence-electron chi connectivity index (χ3n) is 6.99. The van der Waals surface area contributed by atoms with E-state index in [0.717, 1.165) is 46.7 Å². The van der Waals surface area contributed by atoms with Crippen LogP contribution in [0.2, 0.25) is 0 Å². The highest BCUT2D eigenvalue weighted by Crippen LogP contribution is 2.44. The summed E-state index contributed by atoms with van der Waals surface area (Å²) in [7, 11) is 1.88. The van der Waals surface area contributed by atoms with Crippen molar-refractivity contribution in [1.29, 1.82) is 0 Å². The molecule has 4 heterocycles. The maximum absolute atomic E-state index is 13.7. The van der Waals surface area contributed by atoms with Gasteiger partial charge in [-0.2, -0.15) is 13.2 Å². The van der Waals surface area contributed by atoms with Gasteiger partial charge in [-0.3, -0.25) is 8.97 Å². The molecule has 5 aromatic rings. The van der Waals surface area contributed by atoms with Crippen LogP contribution in [0.4, 0.5) is 13.2 Å². The molecule has 4 aromatic heterocycles. The first-order valence-electron chi connectivity index (χ1n) is 11.5. The number of aryl methyl sites for hydroxylation is 1. The fourth-order valence-electron chi connectivity index (χ4n) is 4.98. The van der Waals surface area contributed by atoms with Crippen LogP contribution >= 0.6 is 0 Å². The summed E-state index contributed by atoms with van der Waals surface area (Å²) in [4.78, 5) is 13.3. The van der Waals surface area contributed by atoms with Gasteiger partial charge in [0.1, 0.15) is 18.4 Å². The number of hydrogen-bond acceptors (Lipinski definition) is 5. The average Bonchev–Trinajstić information content (AvgIpc) is 3.56. The van der Waals surface area contributed by atoms with Crippen LogP contribution in [-0.2, 0) is 13.2 Å². The molecule has 1 atom stereocenters. The first-order chi connectivity index (χ1) is 17.3. The quantitative estimate of drug-likeness (QED) is 0.350. The first kappa shape index (κ1) is 22.3. The molecule has 1 aliphatic carbocycles. The minimum Gasteiger partial charge on any atom is -0.364 e. The summed E-state index contributed by atoms with van der Waals surface area (Å²) in [5, 5.41) is 12.2. The number of nitrogens with zero attached hydrogens (tertiary/aromatic N) is 6. The number of fused-ring (bicyclic) bond motifs is 1. The van der Waals surface area contributed by atoms with Crippen molar-refractivity contribution < 1.29 is 17.7 Å². The lowest BCUT2D eigenvalue weighted by molar-refractivity contribution is -0.136. The van der Waals surface area contributed by atoms with E-state index in [0.29, 0.717) is 17.2 Å². The van der Waals surface area contributed by atoms with Gasteiger partial charge in [0.15, 0.2) is 0 Å². The van der Waals surface area contributed by atoms with Gasteiger partial charge in [0, 0.05) is 30.9 Å². The molecule has 36 heavy (non-hydrogen) atoms. The predicted molar refractivity (Wildman–Crippen MR) is 124 cm³/mol. The van der Waals surface area contributed by atoms with Crippen LogP contribution in [0.5, 0.6) is 0 Å². The van der Waals surface area contributed by atoms with Gasteiger partial charge in [0.2, 0.25) is 0 Å². The number of halogens is 3. The Labute approximate surface area is 202 Å². The smallest absolute Gasteiger partial charge is 0.364 e. The third kappa shape index (κ3) is 3.62. The van der Waals surface area contributed by atoms with E-state index < -0.39 is 17.4 Å². The third-order valence-corrected chi connectivity index (χ3v) is 6.99. The Kier molecular flexibility index (Phi) is 5.09. The van der Waals surface area contributed by atoms with E-state index in [-0.39, 0.29) is 11.4 Å². The summed E-state index contributed by atoms with van der Waals surface area (Å²) >= 11 is 0. The Morgan fingerprint density at radius 2 is 2.00 bits per heavy atom. The molecule has 1 aliphatic rings. The monoisotopic (exact) mass is 494 g/mol. The van der Waals surface area contributed by atoms with Gasteiger partial charge < -0.3 is 9.09 Å². The lowest BCUT2D eigenvalue weighted by Crippen LogP contribution is -2.24. The summed E-state index contributed by atoms with van der Waals surface area (Å²) in [5.41, 5.74) is 1.08. The Morgan fingerprint density at radius 1 is 1.17 bits per heavy atom. The summed E-state index contributed by atoms with van der Waals surface area (Å²) in [6, 6.07) is 7.79. The van der Waals surface area contributed by atoms with E-state index in [1.165, 1.54) is 29.3 Å². The summed E-state index contributed by atoms with van der Waals surface area (Å²) in [5.74, 6) is 1.03. The molecule has 0 saturated heterocycles. The van der Waals surface area contributed by atoms with Crippen LogP contribution < -0.4 is 5.69 Å². The molecule has 6 rings (SSSR count). The Morgan fingerprint density at radius 3 is 2.64 bits per heavy atom. The van der Waals surface area contributed by atoms with E-state index in [1.807, 2.05) is 23.7 Å². The second-order valence-corrected chi connectivity index (χ2v) is 9.15. The van der Waals surface area contributed by atoms with Gasteiger partial charge in [0.05, 0.1) is 23.0 Å². The van der Waals surface area contributed by atoms with Crippen molar-refractivity contribution in [2.45, 2.75) is 31.4 Å². The predicted octanol–water partition coefficient (Wildman–Crippen LogP) is 4.82. The highest BCUT2D eigenvalue weighted by atomic mass is 19.4. The maximum atomic E-state index is 13.7. The molecule has 0 unspecified atom stereocenters. The topological polar surface area (TPSA) is 83.2 Å². The van der Waals surface area contributed by atoms with Crippen molar-refractivity contribution in [3.63, 3.8) is 0 Å². The van der Waals surface area contributed by atoms with Crippen molar-refractivity contribution in [2.75, 3.05) is 0 Å². The fourth-order valence-corrected chi connectivity index (χ4v) is 4.98. The minimum absolute atomic E-state index is 0.0942. The van der Waals surface area contributed by atoms with Crippen molar-refractivity contribution in [2.24, 2.45) is 13.0 Å². The maximum Gasteiger partial charge on any atom is 0.418 e. The van der Waals surface area contributed by atoms with Crippen molar-refractivity contribution in [1.82, 2.24) is 28.9 Å². The van der Waals surface area contributed by atoms with E-state index in [4.69, 9.17) is 4.52 Å². The molecular weight excluding hydrogens is 473 g/mol. The molecule has 0 amide bonds. The van der Waals surface area contributed by atoms with Gasteiger partial charge in [-0.1, -0.05) is 17.6 Å².